The number of aliphatic carboxylic acids is 1. The largest absolute Gasteiger partial charge is 0.480 e. The number of fused-ring (bicyclic) bond motifs is 1. The first kappa shape index (κ1) is 22.9. The average Bonchev–Trinajstić information content (AvgIpc) is 2.56. The minimum atomic E-state index is -1.01. The maximum absolute atomic E-state index is 12.8. The zero-order valence-electron chi connectivity index (χ0n) is 17.8. The van der Waals surface area contributed by atoms with E-state index in [4.69, 9.17) is 14.6 Å². The Kier molecular flexibility index (Phi) is 6.49. The number of aromatic nitrogens is 2. The first-order valence-corrected chi connectivity index (χ1v) is 9.24. The van der Waals surface area contributed by atoms with Crippen LogP contribution in [0.3, 0.4) is 0 Å². The van der Waals surface area contributed by atoms with Gasteiger partial charge in [-0.2, -0.15) is 10.00 Å². The molecule has 10 heteroatoms. The Labute approximate surface area is 174 Å². The van der Waals surface area contributed by atoms with Gasteiger partial charge in [0.05, 0.1) is 6.20 Å². The number of imide groups is 1. The van der Waals surface area contributed by atoms with Gasteiger partial charge in [-0.25, -0.2) is 9.59 Å². The molecule has 1 aromatic carbocycles. The van der Waals surface area contributed by atoms with Crippen molar-refractivity contribution < 1.29 is 29.0 Å². The quantitative estimate of drug-likeness (QED) is 0.761. The Morgan fingerprint density at radius 2 is 1.60 bits per heavy atom. The molecular formula is C20H26N4O6. The molecule has 0 fully saturated rings. The van der Waals surface area contributed by atoms with Crippen LogP contribution in [0.25, 0.3) is 10.8 Å². The van der Waals surface area contributed by atoms with Gasteiger partial charge >= 0.3 is 18.2 Å². The molecule has 0 unspecified atom stereocenters. The molecule has 30 heavy (non-hydrogen) atoms. The van der Waals surface area contributed by atoms with Gasteiger partial charge in [-0.3, -0.25) is 4.79 Å². The van der Waals surface area contributed by atoms with Crippen molar-refractivity contribution in [3.05, 3.63) is 24.4 Å². The summed E-state index contributed by atoms with van der Waals surface area (Å²) in [5, 5.41) is 20.4. The van der Waals surface area contributed by atoms with Crippen molar-refractivity contribution in [1.29, 1.82) is 0 Å². The SMILES string of the molecule is CC(C)(C)OC(=O)N(C(=O)OC(C)(C)C)c1nncc2cc(NCC(=O)O)ccc12. The average molecular weight is 418 g/mol. The third-order valence-corrected chi connectivity index (χ3v) is 3.45. The van der Waals surface area contributed by atoms with Crippen LogP contribution >= 0.6 is 0 Å². The molecule has 0 bridgehead atoms. The highest BCUT2D eigenvalue weighted by Gasteiger charge is 2.34. The highest BCUT2D eigenvalue weighted by molar-refractivity contribution is 6.13. The Morgan fingerprint density at radius 3 is 2.10 bits per heavy atom. The van der Waals surface area contributed by atoms with E-state index in [0.29, 0.717) is 21.4 Å². The zero-order chi connectivity index (χ0) is 22.7. The number of carbonyl (C=O) groups is 3. The summed E-state index contributed by atoms with van der Waals surface area (Å²) in [6.07, 6.45) is -0.467. The molecule has 1 aromatic heterocycles. The summed E-state index contributed by atoms with van der Waals surface area (Å²) < 4.78 is 10.7. The number of carbonyl (C=O) groups excluding carboxylic acids is 2. The monoisotopic (exact) mass is 418 g/mol. The number of carboxylic acids is 1. The minimum absolute atomic E-state index is 0.0548. The van der Waals surface area contributed by atoms with Gasteiger partial charge < -0.3 is 19.9 Å². The highest BCUT2D eigenvalue weighted by Crippen LogP contribution is 2.28. The van der Waals surface area contributed by atoms with Crippen molar-refractivity contribution in [2.24, 2.45) is 0 Å². The number of amides is 2. The normalized spacial score (nSPS) is 11.7. The third kappa shape index (κ3) is 6.29. The van der Waals surface area contributed by atoms with Crippen LogP contribution in [0.15, 0.2) is 24.4 Å². The lowest BCUT2D eigenvalue weighted by atomic mass is 10.1. The van der Waals surface area contributed by atoms with Gasteiger partial charge in [-0.05, 0) is 59.7 Å². The molecule has 1 heterocycles. The molecule has 0 aliphatic rings. The van der Waals surface area contributed by atoms with Crippen molar-refractivity contribution in [1.82, 2.24) is 10.2 Å². The van der Waals surface area contributed by atoms with Crippen LogP contribution in [0.4, 0.5) is 21.1 Å². The number of rotatable bonds is 4. The second-order valence-electron chi connectivity index (χ2n) is 8.51. The molecule has 0 atom stereocenters. The molecule has 0 radical (unpaired) electrons. The number of hydrogen-bond donors (Lipinski definition) is 2. The first-order valence-electron chi connectivity index (χ1n) is 9.24. The summed E-state index contributed by atoms with van der Waals surface area (Å²) in [7, 11) is 0. The lowest BCUT2D eigenvalue weighted by Gasteiger charge is -2.28. The standard InChI is InChI=1S/C20H26N4O6/c1-19(2,3)29-17(27)24(18(28)30-20(4,5)6)16-14-8-7-13(21-11-15(25)26)9-12(14)10-22-23-16/h7-10,21H,11H2,1-6H3,(H,25,26). The third-order valence-electron chi connectivity index (χ3n) is 3.45. The smallest absolute Gasteiger partial charge is 0.425 e. The van der Waals surface area contributed by atoms with Gasteiger partial charge in [0.1, 0.15) is 17.7 Å². The molecule has 0 aliphatic heterocycles. The molecule has 162 valence electrons. The van der Waals surface area contributed by atoms with Gasteiger partial charge in [0.2, 0.25) is 0 Å². The summed E-state index contributed by atoms with van der Waals surface area (Å²) in [5.41, 5.74) is -1.18. The maximum atomic E-state index is 12.8. The van der Waals surface area contributed by atoms with E-state index in [9.17, 15) is 14.4 Å². The van der Waals surface area contributed by atoms with E-state index in [1.807, 2.05) is 0 Å². The number of carboxylic acid groups (broad SMARTS) is 1. The Bertz CT molecular complexity index is 934. The molecule has 10 nitrogen and oxygen atoms in total. The molecule has 2 aromatic rings. The van der Waals surface area contributed by atoms with Crippen molar-refractivity contribution >= 4 is 40.4 Å². The fourth-order valence-corrected chi connectivity index (χ4v) is 2.39. The molecule has 2 amide bonds. The van der Waals surface area contributed by atoms with Crippen LogP contribution in [-0.4, -0.2) is 51.2 Å². The van der Waals surface area contributed by atoms with E-state index in [1.165, 1.54) is 6.20 Å². The summed E-state index contributed by atoms with van der Waals surface area (Å²) in [5.74, 6) is -1.06. The molecular weight excluding hydrogens is 392 g/mol. The lowest BCUT2D eigenvalue weighted by Crippen LogP contribution is -2.44. The van der Waals surface area contributed by atoms with Crippen molar-refractivity contribution in [2.45, 2.75) is 52.7 Å². The predicted octanol–water partition coefficient (Wildman–Crippen LogP) is 3.80. The number of nitrogens with zero attached hydrogens (tertiary/aromatic N) is 3. The van der Waals surface area contributed by atoms with Gasteiger partial charge in [0.25, 0.3) is 0 Å². The summed E-state index contributed by atoms with van der Waals surface area (Å²) in [4.78, 5) is 37.1. The van der Waals surface area contributed by atoms with E-state index >= 15 is 0 Å². The van der Waals surface area contributed by atoms with Crippen molar-refractivity contribution in [3.63, 3.8) is 0 Å². The Morgan fingerprint density at radius 1 is 1.03 bits per heavy atom. The predicted molar refractivity (Wildman–Crippen MR) is 111 cm³/mol. The van der Waals surface area contributed by atoms with Crippen molar-refractivity contribution in [3.8, 4) is 0 Å². The van der Waals surface area contributed by atoms with Crippen molar-refractivity contribution in [2.75, 3.05) is 16.8 Å². The molecule has 0 saturated heterocycles. The summed E-state index contributed by atoms with van der Waals surface area (Å²) in [6.45, 7) is 9.78. The van der Waals surface area contributed by atoms with Crippen LogP contribution in [-0.2, 0) is 14.3 Å². The van der Waals surface area contributed by atoms with E-state index in [-0.39, 0.29) is 12.4 Å². The highest BCUT2D eigenvalue weighted by atomic mass is 16.6. The summed E-state index contributed by atoms with van der Waals surface area (Å²) >= 11 is 0. The second-order valence-corrected chi connectivity index (χ2v) is 8.51. The zero-order valence-corrected chi connectivity index (χ0v) is 17.8. The fraction of sp³-hybridized carbons (Fsp3) is 0.450. The molecule has 2 rings (SSSR count). The molecule has 0 saturated carbocycles. The first-order chi connectivity index (χ1) is 13.8. The number of ether oxygens (including phenoxy) is 2. The lowest BCUT2D eigenvalue weighted by molar-refractivity contribution is -0.134. The molecule has 0 spiro atoms. The van der Waals surface area contributed by atoms with E-state index in [2.05, 4.69) is 15.5 Å². The van der Waals surface area contributed by atoms with Gasteiger partial charge in [-0.15, -0.1) is 5.10 Å². The number of anilines is 2. The maximum Gasteiger partial charge on any atom is 0.425 e. The molecule has 0 aliphatic carbocycles. The van der Waals surface area contributed by atoms with E-state index < -0.39 is 29.4 Å². The van der Waals surface area contributed by atoms with Crippen LogP contribution in [0, 0.1) is 0 Å². The van der Waals surface area contributed by atoms with Crippen LogP contribution < -0.4 is 10.2 Å². The van der Waals surface area contributed by atoms with E-state index in [0.717, 1.165) is 0 Å². The van der Waals surface area contributed by atoms with Gasteiger partial charge in [0, 0.05) is 16.5 Å². The Hall–Kier alpha value is -3.43. The van der Waals surface area contributed by atoms with Gasteiger partial charge in [0.15, 0.2) is 5.82 Å². The molecule has 2 N–H and O–H groups in total. The number of nitrogens with one attached hydrogen (secondary N) is 1. The van der Waals surface area contributed by atoms with Crippen LogP contribution in [0.1, 0.15) is 41.5 Å². The second kappa shape index (κ2) is 8.52. The van der Waals surface area contributed by atoms with Crippen LogP contribution in [0.2, 0.25) is 0 Å². The Balaban J connectivity index is 2.52. The number of benzene rings is 1. The number of hydrogen-bond acceptors (Lipinski definition) is 8. The topological polar surface area (TPSA) is 131 Å². The minimum Gasteiger partial charge on any atom is -0.480 e. The summed E-state index contributed by atoms with van der Waals surface area (Å²) in [6, 6.07) is 4.85. The van der Waals surface area contributed by atoms with E-state index in [1.54, 1.807) is 59.7 Å². The fourth-order valence-electron chi connectivity index (χ4n) is 2.39. The van der Waals surface area contributed by atoms with Crippen LogP contribution in [0.5, 0.6) is 0 Å². The van der Waals surface area contributed by atoms with Gasteiger partial charge in [-0.1, -0.05) is 0 Å².